The topological polar surface area (TPSA) is 83.6 Å². The first-order valence-corrected chi connectivity index (χ1v) is 7.42. The number of carbonyl (C=O) groups is 2. The van der Waals surface area contributed by atoms with Crippen LogP contribution in [-0.2, 0) is 6.42 Å². The van der Waals surface area contributed by atoms with Crippen LogP contribution in [0.4, 0.5) is 4.79 Å². The maximum absolute atomic E-state index is 12.4. The predicted octanol–water partition coefficient (Wildman–Crippen LogP) is 0.716. The zero-order valence-corrected chi connectivity index (χ0v) is 13.2. The van der Waals surface area contributed by atoms with Gasteiger partial charge in [0.1, 0.15) is 5.56 Å². The number of carbonyl (C=O) groups excluding carboxylic acids is 2. The Morgan fingerprint density at radius 2 is 2.09 bits per heavy atom. The molecule has 2 rings (SSSR count). The molecule has 0 unspecified atom stereocenters. The van der Waals surface area contributed by atoms with E-state index in [4.69, 9.17) is 4.74 Å². The molecule has 0 aromatic carbocycles. The molecule has 3 amide bonds. The summed E-state index contributed by atoms with van der Waals surface area (Å²) >= 11 is 0. The summed E-state index contributed by atoms with van der Waals surface area (Å²) in [4.78, 5) is 30.4. The van der Waals surface area contributed by atoms with Gasteiger partial charge < -0.3 is 15.0 Å². The van der Waals surface area contributed by atoms with Crippen LogP contribution in [0.15, 0.2) is 6.07 Å². The van der Waals surface area contributed by atoms with Crippen molar-refractivity contribution in [2.24, 2.45) is 0 Å². The summed E-state index contributed by atoms with van der Waals surface area (Å²) in [6, 6.07) is 1.36. The highest BCUT2D eigenvalue weighted by Crippen LogP contribution is 2.20. The van der Waals surface area contributed by atoms with Crippen LogP contribution < -0.4 is 15.4 Å². The van der Waals surface area contributed by atoms with E-state index in [1.54, 1.807) is 11.0 Å². The van der Waals surface area contributed by atoms with Crippen LogP contribution in [0.5, 0.6) is 5.88 Å². The van der Waals surface area contributed by atoms with Crippen molar-refractivity contribution in [1.82, 2.24) is 20.5 Å². The fraction of sp³-hybridized carbons (Fsp3) is 0.533. The van der Waals surface area contributed by atoms with Gasteiger partial charge in [-0.15, -0.1) is 0 Å². The van der Waals surface area contributed by atoms with Crippen LogP contribution in [0, 0.1) is 6.92 Å². The third-order valence-corrected chi connectivity index (χ3v) is 3.73. The number of rotatable bonds is 3. The Labute approximate surface area is 130 Å². The van der Waals surface area contributed by atoms with E-state index < -0.39 is 5.91 Å². The molecule has 120 valence electrons. The van der Waals surface area contributed by atoms with E-state index in [-0.39, 0.29) is 17.5 Å². The number of ether oxygens (including phenoxy) is 1. The molecule has 0 atom stereocenters. The van der Waals surface area contributed by atoms with Gasteiger partial charge in [-0.05, 0) is 25.0 Å². The fourth-order valence-corrected chi connectivity index (χ4v) is 2.41. The Morgan fingerprint density at radius 1 is 1.41 bits per heavy atom. The molecule has 0 aliphatic carbocycles. The SMILES string of the molecule is CCc1cc(C(=O)NC(=O)N2CCNCC2)c(OC)nc1C. The Bertz CT molecular complexity index is 568. The number of urea groups is 1. The van der Waals surface area contributed by atoms with Gasteiger partial charge in [-0.25, -0.2) is 9.78 Å². The maximum atomic E-state index is 12.4. The third kappa shape index (κ3) is 3.54. The number of hydrogen-bond donors (Lipinski definition) is 2. The largest absolute Gasteiger partial charge is 0.480 e. The monoisotopic (exact) mass is 306 g/mol. The van der Waals surface area contributed by atoms with Gasteiger partial charge in [0.15, 0.2) is 0 Å². The number of nitrogens with zero attached hydrogens (tertiary/aromatic N) is 2. The van der Waals surface area contributed by atoms with Crippen LogP contribution in [0.2, 0.25) is 0 Å². The zero-order valence-electron chi connectivity index (χ0n) is 13.2. The van der Waals surface area contributed by atoms with Gasteiger partial charge >= 0.3 is 6.03 Å². The minimum absolute atomic E-state index is 0.236. The first kappa shape index (κ1) is 16.2. The number of methoxy groups -OCH3 is 1. The zero-order chi connectivity index (χ0) is 16.1. The minimum atomic E-state index is -0.484. The van der Waals surface area contributed by atoms with E-state index in [0.29, 0.717) is 13.1 Å². The Hall–Kier alpha value is -2.15. The molecule has 7 nitrogen and oxygen atoms in total. The van der Waals surface area contributed by atoms with Crippen molar-refractivity contribution in [1.29, 1.82) is 0 Å². The number of amides is 3. The van der Waals surface area contributed by atoms with E-state index in [1.807, 2.05) is 13.8 Å². The molecule has 2 heterocycles. The molecule has 0 saturated carbocycles. The number of imide groups is 1. The molecule has 22 heavy (non-hydrogen) atoms. The number of hydrogen-bond acceptors (Lipinski definition) is 5. The summed E-state index contributed by atoms with van der Waals surface area (Å²) in [5.41, 5.74) is 2.07. The first-order chi connectivity index (χ1) is 10.6. The van der Waals surface area contributed by atoms with Gasteiger partial charge in [0.25, 0.3) is 5.91 Å². The lowest BCUT2D eigenvalue weighted by Gasteiger charge is -2.27. The van der Waals surface area contributed by atoms with Crippen LogP contribution in [0.25, 0.3) is 0 Å². The van der Waals surface area contributed by atoms with E-state index >= 15 is 0 Å². The van der Waals surface area contributed by atoms with Gasteiger partial charge in [-0.2, -0.15) is 0 Å². The smallest absolute Gasteiger partial charge is 0.324 e. The summed E-state index contributed by atoms with van der Waals surface area (Å²) in [6.45, 7) is 6.50. The van der Waals surface area contributed by atoms with Gasteiger partial charge in [0.2, 0.25) is 5.88 Å². The molecule has 0 bridgehead atoms. The van der Waals surface area contributed by atoms with Gasteiger partial charge in [0, 0.05) is 31.9 Å². The van der Waals surface area contributed by atoms with Crippen LogP contribution in [0.1, 0.15) is 28.5 Å². The summed E-state index contributed by atoms with van der Waals surface area (Å²) in [6.07, 6.45) is 0.759. The Kier molecular flexibility index (Phi) is 5.32. The molecular weight excluding hydrogens is 284 g/mol. The second-order valence-electron chi connectivity index (χ2n) is 5.14. The summed E-state index contributed by atoms with van der Waals surface area (Å²) in [7, 11) is 1.46. The molecule has 1 fully saturated rings. The molecule has 1 aliphatic heterocycles. The maximum Gasteiger partial charge on any atom is 0.324 e. The van der Waals surface area contributed by atoms with Gasteiger partial charge in [0.05, 0.1) is 7.11 Å². The minimum Gasteiger partial charge on any atom is -0.480 e. The lowest BCUT2D eigenvalue weighted by molar-refractivity contribution is 0.0946. The fourth-order valence-electron chi connectivity index (χ4n) is 2.41. The average Bonchev–Trinajstić information content (AvgIpc) is 2.55. The van der Waals surface area contributed by atoms with Crippen molar-refractivity contribution in [2.45, 2.75) is 20.3 Å². The number of aromatic nitrogens is 1. The van der Waals surface area contributed by atoms with Crippen LogP contribution in [-0.4, -0.2) is 55.1 Å². The van der Waals surface area contributed by atoms with Gasteiger partial charge in [-0.1, -0.05) is 6.92 Å². The summed E-state index contributed by atoms with van der Waals surface area (Å²) in [5, 5.41) is 5.57. The number of piperazine rings is 1. The average molecular weight is 306 g/mol. The van der Waals surface area contributed by atoms with Crippen LogP contribution >= 0.6 is 0 Å². The van der Waals surface area contributed by atoms with Crippen LogP contribution in [0.3, 0.4) is 0 Å². The van der Waals surface area contributed by atoms with E-state index in [2.05, 4.69) is 15.6 Å². The molecular formula is C15H22N4O3. The first-order valence-electron chi connectivity index (χ1n) is 7.42. The molecule has 7 heteroatoms. The van der Waals surface area contributed by atoms with E-state index in [0.717, 1.165) is 30.8 Å². The summed E-state index contributed by atoms with van der Waals surface area (Å²) in [5.74, 6) is -0.247. The molecule has 0 spiro atoms. The molecule has 1 aromatic rings. The highest BCUT2D eigenvalue weighted by molar-refractivity contribution is 6.05. The number of nitrogens with one attached hydrogen (secondary N) is 2. The van der Waals surface area contributed by atoms with Gasteiger partial charge in [-0.3, -0.25) is 10.1 Å². The second-order valence-corrected chi connectivity index (χ2v) is 5.14. The Morgan fingerprint density at radius 3 is 2.68 bits per heavy atom. The highest BCUT2D eigenvalue weighted by atomic mass is 16.5. The molecule has 2 N–H and O–H groups in total. The van der Waals surface area contributed by atoms with E-state index in [9.17, 15) is 9.59 Å². The second kappa shape index (κ2) is 7.22. The molecule has 0 radical (unpaired) electrons. The quantitative estimate of drug-likeness (QED) is 0.859. The predicted molar refractivity (Wildman–Crippen MR) is 82.2 cm³/mol. The lowest BCUT2D eigenvalue weighted by Crippen LogP contribution is -2.51. The van der Waals surface area contributed by atoms with Crippen molar-refractivity contribution in [2.75, 3.05) is 33.3 Å². The van der Waals surface area contributed by atoms with Crippen molar-refractivity contribution in [3.8, 4) is 5.88 Å². The van der Waals surface area contributed by atoms with Crippen molar-refractivity contribution in [3.05, 3.63) is 22.9 Å². The van der Waals surface area contributed by atoms with Crippen molar-refractivity contribution < 1.29 is 14.3 Å². The Balaban J connectivity index is 2.16. The molecule has 1 saturated heterocycles. The lowest BCUT2D eigenvalue weighted by atomic mass is 10.1. The van der Waals surface area contributed by atoms with Crippen molar-refractivity contribution >= 4 is 11.9 Å². The standard InChI is InChI=1S/C15H22N4O3/c1-4-11-9-12(14(22-3)17-10(11)2)13(20)18-15(21)19-7-5-16-6-8-19/h9,16H,4-8H2,1-3H3,(H,18,20,21). The van der Waals surface area contributed by atoms with Crippen molar-refractivity contribution in [3.63, 3.8) is 0 Å². The highest BCUT2D eigenvalue weighted by Gasteiger charge is 2.22. The summed E-state index contributed by atoms with van der Waals surface area (Å²) < 4.78 is 5.17. The van der Waals surface area contributed by atoms with E-state index in [1.165, 1.54) is 7.11 Å². The molecule has 1 aliphatic rings. The number of aryl methyl sites for hydroxylation is 2. The molecule has 1 aromatic heterocycles. The number of pyridine rings is 1. The third-order valence-electron chi connectivity index (χ3n) is 3.73. The normalized spacial score (nSPS) is 14.6.